The topological polar surface area (TPSA) is 48.3 Å². The predicted octanol–water partition coefficient (Wildman–Crippen LogP) is 3.06. The molecule has 24 heavy (non-hydrogen) atoms. The average molecular weight is 316 g/mol. The van der Waals surface area contributed by atoms with Gasteiger partial charge in [-0.3, -0.25) is 9.69 Å². The van der Waals surface area contributed by atoms with Gasteiger partial charge in [0.05, 0.1) is 5.69 Å². The van der Waals surface area contributed by atoms with Crippen molar-refractivity contribution < 1.29 is 4.79 Å². The number of anilines is 1. The molecule has 2 aliphatic rings. The van der Waals surface area contributed by atoms with Crippen LogP contribution in [0.1, 0.15) is 11.1 Å². The molecule has 5 heteroatoms. The minimum absolute atomic E-state index is 0.246. The number of carbonyl (C=O) groups excluding carboxylic acids is 1. The van der Waals surface area contributed by atoms with Crippen LogP contribution in [-0.4, -0.2) is 37.1 Å². The Morgan fingerprint density at radius 3 is 2.54 bits per heavy atom. The fourth-order valence-corrected chi connectivity index (χ4v) is 2.78. The van der Waals surface area contributed by atoms with Gasteiger partial charge in [0, 0.05) is 25.3 Å². The predicted molar refractivity (Wildman–Crippen MR) is 96.7 cm³/mol. The van der Waals surface area contributed by atoms with Crippen LogP contribution in [0, 0.1) is 0 Å². The first-order valence-electron chi connectivity index (χ1n) is 7.68. The molecule has 0 bridgehead atoms. The highest BCUT2D eigenvalue weighted by atomic mass is 16.2. The summed E-state index contributed by atoms with van der Waals surface area (Å²) in [5.74, 6) is 0.395. The van der Waals surface area contributed by atoms with Gasteiger partial charge >= 0.3 is 0 Å². The van der Waals surface area contributed by atoms with E-state index in [0.717, 1.165) is 22.5 Å². The standard InChI is InChI=1S/C19H16N4O/c1-22(2)14-9-7-13(8-10-14)11-17-19(24)21-18-15-5-3-4-6-16(15)20-12-23(17)18/h3-12H,1-2H3/b17-11+. The number of fused-ring (bicyclic) bond motifs is 3. The summed E-state index contributed by atoms with van der Waals surface area (Å²) in [6.45, 7) is 0. The van der Waals surface area contributed by atoms with E-state index in [1.54, 1.807) is 11.2 Å². The van der Waals surface area contributed by atoms with Gasteiger partial charge in [-0.25, -0.2) is 4.99 Å². The molecule has 2 aromatic carbocycles. The Bertz CT molecular complexity index is 907. The number of para-hydroxylation sites is 1. The number of carbonyl (C=O) groups is 1. The smallest absolute Gasteiger partial charge is 0.296 e. The Balaban J connectivity index is 1.71. The summed E-state index contributed by atoms with van der Waals surface area (Å²) in [5, 5.41) is 0. The normalized spacial score (nSPS) is 16.9. The summed E-state index contributed by atoms with van der Waals surface area (Å²) in [6, 6.07) is 15.7. The van der Waals surface area contributed by atoms with E-state index in [-0.39, 0.29) is 5.91 Å². The molecule has 0 aromatic heterocycles. The SMILES string of the molecule is CN(C)c1ccc(/C=C2\C(=O)N=C3c4ccccc4N=CN32)cc1. The lowest BCUT2D eigenvalue weighted by atomic mass is 10.1. The third-order valence-electron chi connectivity index (χ3n) is 4.08. The third kappa shape index (κ3) is 2.31. The zero-order valence-corrected chi connectivity index (χ0v) is 13.5. The third-order valence-corrected chi connectivity index (χ3v) is 4.08. The molecule has 0 fully saturated rings. The zero-order chi connectivity index (χ0) is 16.7. The Morgan fingerprint density at radius 1 is 1.04 bits per heavy atom. The van der Waals surface area contributed by atoms with E-state index < -0.39 is 0 Å². The first-order chi connectivity index (χ1) is 11.6. The van der Waals surface area contributed by atoms with Crippen LogP contribution in [0.3, 0.4) is 0 Å². The monoisotopic (exact) mass is 316 g/mol. The second-order valence-electron chi connectivity index (χ2n) is 5.89. The molecule has 2 aromatic rings. The summed E-state index contributed by atoms with van der Waals surface area (Å²) >= 11 is 0. The zero-order valence-electron chi connectivity index (χ0n) is 13.5. The molecule has 0 spiro atoms. The molecule has 1 amide bonds. The number of aliphatic imine (C=N–C) groups is 2. The van der Waals surface area contributed by atoms with Crippen LogP contribution < -0.4 is 4.90 Å². The van der Waals surface area contributed by atoms with Crippen LogP contribution in [0.4, 0.5) is 11.4 Å². The molecule has 4 rings (SSSR count). The minimum atomic E-state index is -0.246. The van der Waals surface area contributed by atoms with Crippen molar-refractivity contribution in [3.63, 3.8) is 0 Å². The van der Waals surface area contributed by atoms with Crippen molar-refractivity contribution in [1.82, 2.24) is 4.90 Å². The van der Waals surface area contributed by atoms with Gasteiger partial charge in [-0.2, -0.15) is 4.99 Å². The molecule has 0 atom stereocenters. The first kappa shape index (κ1) is 14.4. The van der Waals surface area contributed by atoms with Crippen LogP contribution in [0.25, 0.3) is 6.08 Å². The molecule has 0 N–H and O–H groups in total. The van der Waals surface area contributed by atoms with Crippen molar-refractivity contribution in [1.29, 1.82) is 0 Å². The first-order valence-corrected chi connectivity index (χ1v) is 7.68. The van der Waals surface area contributed by atoms with Crippen LogP contribution in [0.2, 0.25) is 0 Å². The second kappa shape index (κ2) is 5.45. The van der Waals surface area contributed by atoms with E-state index in [1.165, 1.54) is 0 Å². The highest BCUT2D eigenvalue weighted by Crippen LogP contribution is 2.30. The molecule has 118 valence electrons. The van der Waals surface area contributed by atoms with Crippen molar-refractivity contribution in [3.8, 4) is 0 Å². The summed E-state index contributed by atoms with van der Waals surface area (Å²) in [4.78, 5) is 24.8. The Morgan fingerprint density at radius 2 is 1.79 bits per heavy atom. The molecule has 2 aliphatic heterocycles. The van der Waals surface area contributed by atoms with Crippen LogP contribution in [0.5, 0.6) is 0 Å². The van der Waals surface area contributed by atoms with Crippen molar-refractivity contribution >= 4 is 35.5 Å². The molecule has 2 heterocycles. The maximum atomic E-state index is 12.4. The number of benzene rings is 2. The number of amidine groups is 1. The van der Waals surface area contributed by atoms with Gasteiger partial charge in [0.2, 0.25) is 0 Å². The maximum absolute atomic E-state index is 12.4. The maximum Gasteiger partial charge on any atom is 0.296 e. The average Bonchev–Trinajstić information content (AvgIpc) is 2.91. The van der Waals surface area contributed by atoms with Gasteiger partial charge in [-0.1, -0.05) is 24.3 Å². The number of hydrogen-bond acceptors (Lipinski definition) is 4. The van der Waals surface area contributed by atoms with Crippen molar-refractivity contribution in [2.75, 3.05) is 19.0 Å². The van der Waals surface area contributed by atoms with E-state index in [4.69, 9.17) is 0 Å². The Hall–Kier alpha value is -3.21. The quantitative estimate of drug-likeness (QED) is 0.800. The summed E-state index contributed by atoms with van der Waals surface area (Å²) < 4.78 is 0. The van der Waals surface area contributed by atoms with Gasteiger partial charge in [-0.15, -0.1) is 0 Å². The second-order valence-corrected chi connectivity index (χ2v) is 5.89. The molecule has 0 radical (unpaired) electrons. The Labute approximate surface area is 140 Å². The van der Waals surface area contributed by atoms with Gasteiger partial charge in [0.25, 0.3) is 5.91 Å². The van der Waals surface area contributed by atoms with Gasteiger partial charge in [-0.05, 0) is 35.9 Å². The molecule has 0 aliphatic carbocycles. The van der Waals surface area contributed by atoms with Gasteiger partial charge < -0.3 is 4.90 Å². The minimum Gasteiger partial charge on any atom is -0.378 e. The summed E-state index contributed by atoms with van der Waals surface area (Å²) in [6.07, 6.45) is 3.50. The lowest BCUT2D eigenvalue weighted by Gasteiger charge is -2.21. The number of hydrogen-bond donors (Lipinski definition) is 0. The van der Waals surface area contributed by atoms with Gasteiger partial charge in [0.1, 0.15) is 12.0 Å². The molecular weight excluding hydrogens is 300 g/mol. The van der Waals surface area contributed by atoms with Crippen molar-refractivity contribution in [2.45, 2.75) is 0 Å². The van der Waals surface area contributed by atoms with Crippen LogP contribution >= 0.6 is 0 Å². The molecule has 5 nitrogen and oxygen atoms in total. The highest BCUT2D eigenvalue weighted by molar-refractivity contribution is 6.25. The van der Waals surface area contributed by atoms with Crippen molar-refractivity contribution in [3.05, 3.63) is 65.4 Å². The summed E-state index contributed by atoms with van der Waals surface area (Å²) in [5.41, 5.74) is 4.28. The van der Waals surface area contributed by atoms with Gasteiger partial charge in [0.15, 0.2) is 5.84 Å². The van der Waals surface area contributed by atoms with E-state index in [2.05, 4.69) is 9.98 Å². The Kier molecular flexibility index (Phi) is 3.27. The van der Waals surface area contributed by atoms with E-state index in [1.807, 2.05) is 73.6 Å². The number of rotatable bonds is 2. The molecule has 0 saturated heterocycles. The van der Waals surface area contributed by atoms with Crippen molar-refractivity contribution in [2.24, 2.45) is 9.98 Å². The molecular formula is C19H16N4O. The highest BCUT2D eigenvalue weighted by Gasteiger charge is 2.32. The number of amides is 1. The van der Waals surface area contributed by atoms with E-state index in [9.17, 15) is 4.79 Å². The van der Waals surface area contributed by atoms with Crippen LogP contribution in [-0.2, 0) is 4.79 Å². The lowest BCUT2D eigenvalue weighted by Crippen LogP contribution is -2.28. The van der Waals surface area contributed by atoms with E-state index >= 15 is 0 Å². The fraction of sp³-hybridized carbons (Fsp3) is 0.105. The molecule has 0 saturated carbocycles. The largest absolute Gasteiger partial charge is 0.378 e. The van der Waals surface area contributed by atoms with E-state index in [0.29, 0.717) is 11.5 Å². The molecule has 0 unspecified atom stereocenters. The summed E-state index contributed by atoms with van der Waals surface area (Å²) in [7, 11) is 3.99. The lowest BCUT2D eigenvalue weighted by molar-refractivity contribution is -0.114. The fourth-order valence-electron chi connectivity index (χ4n) is 2.78. The number of nitrogens with zero attached hydrogens (tertiary/aromatic N) is 4. The van der Waals surface area contributed by atoms with Crippen LogP contribution in [0.15, 0.2) is 64.2 Å².